The molecular formula is C45H50ClF3N2O6. The minimum Gasteiger partial charge on any atom is -0.497 e. The third kappa shape index (κ3) is 9.11. The molecule has 7 rings (SSSR count). The molecule has 12 heteroatoms. The number of methoxy groups -OCH3 is 1. The fourth-order valence-corrected chi connectivity index (χ4v) is 8.75. The second-order valence-corrected chi connectivity index (χ2v) is 16.1. The molecule has 1 aromatic heterocycles. The zero-order valence-electron chi connectivity index (χ0n) is 32.7. The summed E-state index contributed by atoms with van der Waals surface area (Å²) >= 11 is 6.32. The number of nitrogens with one attached hydrogen (secondary N) is 1. The Balaban J connectivity index is 1.39. The first-order valence-electron chi connectivity index (χ1n) is 19.5. The van der Waals surface area contributed by atoms with Crippen LogP contribution in [-0.4, -0.2) is 58.8 Å². The summed E-state index contributed by atoms with van der Waals surface area (Å²) in [6.45, 7) is 6.52. The summed E-state index contributed by atoms with van der Waals surface area (Å²) in [5.41, 5.74) is 0.401. The van der Waals surface area contributed by atoms with E-state index in [0.717, 1.165) is 29.3 Å². The van der Waals surface area contributed by atoms with E-state index in [9.17, 15) is 33.0 Å². The highest BCUT2D eigenvalue weighted by atomic mass is 35.5. The van der Waals surface area contributed by atoms with E-state index < -0.39 is 34.6 Å². The summed E-state index contributed by atoms with van der Waals surface area (Å²) in [7, 11) is 1.57. The van der Waals surface area contributed by atoms with Crippen molar-refractivity contribution >= 4 is 29.1 Å². The van der Waals surface area contributed by atoms with E-state index >= 15 is 0 Å². The van der Waals surface area contributed by atoms with Gasteiger partial charge < -0.3 is 29.6 Å². The monoisotopic (exact) mass is 806 g/mol. The van der Waals surface area contributed by atoms with Crippen LogP contribution < -0.4 is 10.1 Å². The predicted molar refractivity (Wildman–Crippen MR) is 215 cm³/mol. The number of allylic oxidation sites excluding steroid dienone is 2. The number of ether oxygens (including phenoxy) is 1. The van der Waals surface area contributed by atoms with Gasteiger partial charge in [0, 0.05) is 28.8 Å². The molecule has 0 radical (unpaired) electrons. The van der Waals surface area contributed by atoms with Gasteiger partial charge in [-0.1, -0.05) is 49.2 Å². The lowest BCUT2D eigenvalue weighted by atomic mass is 9.64. The summed E-state index contributed by atoms with van der Waals surface area (Å²) in [5.74, 6) is -0.238. The first-order chi connectivity index (χ1) is 27.0. The highest BCUT2D eigenvalue weighted by molar-refractivity contribution is 6.33. The number of benzene rings is 3. The highest BCUT2D eigenvalue weighted by Crippen LogP contribution is 2.59. The van der Waals surface area contributed by atoms with E-state index in [4.69, 9.17) is 20.8 Å². The number of urea groups is 1. The molecule has 3 aliphatic carbocycles. The first-order valence-corrected chi connectivity index (χ1v) is 19.8. The smallest absolute Gasteiger partial charge is 0.416 e. The lowest BCUT2D eigenvalue weighted by molar-refractivity contribution is -0.137. The molecule has 3 aromatic carbocycles. The normalized spacial score (nSPS) is 22.7. The van der Waals surface area contributed by atoms with Gasteiger partial charge in [-0.3, -0.25) is 4.79 Å². The lowest BCUT2D eigenvalue weighted by Crippen LogP contribution is -2.54. The van der Waals surface area contributed by atoms with Gasteiger partial charge >= 0.3 is 12.2 Å². The Bertz CT molecular complexity index is 2110. The Morgan fingerprint density at radius 2 is 1.79 bits per heavy atom. The number of ketones is 1. The summed E-state index contributed by atoms with van der Waals surface area (Å²) in [4.78, 5) is 30.1. The zero-order valence-corrected chi connectivity index (χ0v) is 33.5. The van der Waals surface area contributed by atoms with E-state index in [1.165, 1.54) is 12.1 Å². The molecule has 0 saturated heterocycles. The number of aliphatic hydroxyl groups is 2. The molecule has 8 nitrogen and oxygen atoms in total. The molecule has 4 unspecified atom stereocenters. The predicted octanol–water partition coefficient (Wildman–Crippen LogP) is 10.8. The number of fused-ring (bicyclic) bond motifs is 8. The highest BCUT2D eigenvalue weighted by Gasteiger charge is 2.57. The fourth-order valence-electron chi connectivity index (χ4n) is 8.54. The van der Waals surface area contributed by atoms with Gasteiger partial charge in [-0.25, -0.2) is 4.79 Å². The van der Waals surface area contributed by atoms with Crippen molar-refractivity contribution in [2.45, 2.75) is 95.9 Å². The van der Waals surface area contributed by atoms with Crippen LogP contribution in [-0.2, 0) is 12.6 Å². The van der Waals surface area contributed by atoms with E-state index in [1.807, 2.05) is 32.9 Å². The molecule has 1 saturated carbocycles. The van der Waals surface area contributed by atoms with Crippen LogP contribution >= 0.6 is 11.6 Å². The molecule has 57 heavy (non-hydrogen) atoms. The molecule has 3 aliphatic rings. The van der Waals surface area contributed by atoms with Crippen molar-refractivity contribution < 1.29 is 42.1 Å². The molecule has 1 fully saturated rings. The second-order valence-electron chi connectivity index (χ2n) is 15.7. The van der Waals surface area contributed by atoms with Crippen molar-refractivity contribution in [3.05, 3.63) is 117 Å². The second kappa shape index (κ2) is 17.1. The third-order valence-corrected chi connectivity index (χ3v) is 12.2. The molecule has 0 aliphatic heterocycles. The maximum absolute atomic E-state index is 14.6. The van der Waals surface area contributed by atoms with Gasteiger partial charge in [-0.2, -0.15) is 13.2 Å². The van der Waals surface area contributed by atoms with E-state index in [1.54, 1.807) is 42.3 Å². The number of carbonyl (C=O) groups is 2. The number of amides is 2. The Hall–Kier alpha value is -4.58. The number of hydrogen-bond acceptors (Lipinski definition) is 6. The Labute approximate surface area is 336 Å². The number of anilines is 1. The Morgan fingerprint density at radius 1 is 1.04 bits per heavy atom. The average Bonchev–Trinajstić information content (AvgIpc) is 3.76. The van der Waals surface area contributed by atoms with Crippen molar-refractivity contribution in [1.82, 2.24) is 4.90 Å². The molecule has 2 bridgehead atoms. The van der Waals surface area contributed by atoms with Gasteiger partial charge in [0.15, 0.2) is 5.76 Å². The van der Waals surface area contributed by atoms with Crippen molar-refractivity contribution in [2.75, 3.05) is 25.5 Å². The Kier molecular flexibility index (Phi) is 12.6. The fraction of sp³-hybridized carbons (Fsp3) is 0.422. The molecule has 2 amide bonds. The molecule has 1 heterocycles. The van der Waals surface area contributed by atoms with Crippen LogP contribution in [0.4, 0.5) is 23.7 Å². The van der Waals surface area contributed by atoms with Gasteiger partial charge in [0.25, 0.3) is 0 Å². The molecule has 4 atom stereocenters. The minimum atomic E-state index is -4.61. The maximum atomic E-state index is 14.6. The summed E-state index contributed by atoms with van der Waals surface area (Å²) in [5, 5.41) is 26.9. The Morgan fingerprint density at radius 3 is 2.49 bits per heavy atom. The molecule has 4 aromatic rings. The maximum Gasteiger partial charge on any atom is 0.416 e. The number of furan rings is 1. The van der Waals surface area contributed by atoms with Crippen LogP contribution in [0.3, 0.4) is 0 Å². The van der Waals surface area contributed by atoms with Gasteiger partial charge in [-0.15, -0.1) is 0 Å². The van der Waals surface area contributed by atoms with Gasteiger partial charge in [0.05, 0.1) is 35.9 Å². The van der Waals surface area contributed by atoms with Crippen molar-refractivity contribution in [2.24, 2.45) is 5.41 Å². The number of hydrogen-bond donors (Lipinski definition) is 3. The largest absolute Gasteiger partial charge is 0.497 e. The lowest BCUT2D eigenvalue weighted by Gasteiger charge is -2.46. The molecule has 3 N–H and O–H groups in total. The number of nitrogens with zero attached hydrogens (tertiary/aromatic N) is 1. The molecule has 0 spiro atoms. The van der Waals surface area contributed by atoms with E-state index in [0.29, 0.717) is 80.5 Å². The number of alkyl halides is 3. The number of aliphatic hydroxyl groups excluding tert-OH is 1. The van der Waals surface area contributed by atoms with Crippen LogP contribution in [0.25, 0.3) is 11.3 Å². The van der Waals surface area contributed by atoms with E-state index in [2.05, 4.69) is 11.4 Å². The van der Waals surface area contributed by atoms with Gasteiger partial charge in [0.2, 0.25) is 5.78 Å². The number of carbonyl (C=O) groups excluding carboxylic acids is 2. The van der Waals surface area contributed by atoms with Crippen molar-refractivity contribution in [3.8, 4) is 17.1 Å². The zero-order chi connectivity index (χ0) is 41.1. The van der Waals surface area contributed by atoms with Crippen LogP contribution in [0.5, 0.6) is 5.75 Å². The quantitative estimate of drug-likeness (QED) is 0.115. The van der Waals surface area contributed by atoms with Crippen molar-refractivity contribution in [3.63, 3.8) is 0 Å². The van der Waals surface area contributed by atoms with Crippen LogP contribution in [0.1, 0.15) is 104 Å². The summed E-state index contributed by atoms with van der Waals surface area (Å²) in [6.07, 6.45) is 1.10. The standard InChI is InChI=1S/C45H50ClF3N2O6/c1-5-23-51(42(54)50-31-11-14-33(56-4)15-12-31)27-44(55)22-20-37-34-16-9-29(24-32(52)13-8-28(2)7-6-21-43(37,44)3)25-35(34)41(53)40-19-18-39(57-40)36-26-30(45(47,48)49)10-17-38(36)46/h7,9-12,14-19,25-26,32,37,52,55H,5-6,8,13,20-24,27H2,1-4H3,(H,50,54). The molecule has 304 valence electrons. The van der Waals surface area contributed by atoms with Crippen LogP contribution in [0.2, 0.25) is 5.02 Å². The topological polar surface area (TPSA) is 112 Å². The molecular weight excluding hydrogens is 757 g/mol. The minimum absolute atomic E-state index is 0.00142. The number of halogens is 4. The van der Waals surface area contributed by atoms with Crippen molar-refractivity contribution in [1.29, 1.82) is 0 Å². The van der Waals surface area contributed by atoms with Crippen LogP contribution in [0.15, 0.2) is 88.9 Å². The summed E-state index contributed by atoms with van der Waals surface area (Å²) in [6, 6.07) is 18.0. The summed E-state index contributed by atoms with van der Waals surface area (Å²) < 4.78 is 52.0. The van der Waals surface area contributed by atoms with Gasteiger partial charge in [-0.05, 0) is 136 Å². The van der Waals surface area contributed by atoms with Crippen LogP contribution in [0, 0.1) is 5.41 Å². The SMILES string of the molecule is CCCN(CC1(O)CCC2c3ccc(cc3C(=O)c3ccc(-c4cc(C(F)(F)F)ccc4Cl)o3)CC(O)CCC(C)=CCCC21C)C(=O)Nc1ccc(OC)cc1. The van der Waals surface area contributed by atoms with Gasteiger partial charge in [0.1, 0.15) is 11.5 Å². The number of rotatable bonds is 9. The third-order valence-electron chi connectivity index (χ3n) is 11.9. The first kappa shape index (κ1) is 42.0. The average molecular weight is 807 g/mol. The van der Waals surface area contributed by atoms with E-state index in [-0.39, 0.29) is 40.6 Å².